The first-order valence-electron chi connectivity index (χ1n) is 9.21. The third kappa shape index (κ3) is 9.24. The Morgan fingerprint density at radius 2 is 1.68 bits per heavy atom. The van der Waals surface area contributed by atoms with Crippen LogP contribution in [0, 0.1) is 0 Å². The Balaban J connectivity index is 1.98. The Kier molecular flexibility index (Phi) is 11.1. The van der Waals surface area contributed by atoms with Crippen LogP contribution >= 0.6 is 0 Å². The quantitative estimate of drug-likeness (QED) is 0.283. The molecule has 0 bridgehead atoms. The van der Waals surface area contributed by atoms with Crippen molar-refractivity contribution in [1.29, 1.82) is 0 Å². The Bertz CT molecular complexity index is 301. The van der Waals surface area contributed by atoms with Crippen molar-refractivity contribution in [3.8, 4) is 0 Å². The molecule has 0 spiro atoms. The number of carbonyl (C=O) groups is 1. The largest absolute Gasteiger partial charge is 0.459 e. The zero-order chi connectivity index (χ0) is 16.0. The smallest absolute Gasteiger partial charge is 0.330 e. The van der Waals surface area contributed by atoms with E-state index in [-0.39, 0.29) is 18.2 Å². The molecule has 1 aliphatic rings. The van der Waals surface area contributed by atoms with Gasteiger partial charge in [-0.05, 0) is 25.7 Å². The van der Waals surface area contributed by atoms with Crippen molar-refractivity contribution < 1.29 is 14.3 Å². The number of hydrogen-bond donors (Lipinski definition) is 0. The summed E-state index contributed by atoms with van der Waals surface area (Å²) < 4.78 is 11.3. The van der Waals surface area contributed by atoms with Gasteiger partial charge in [0, 0.05) is 19.1 Å². The summed E-state index contributed by atoms with van der Waals surface area (Å²) in [6.45, 7) is 6.55. The zero-order valence-electron chi connectivity index (χ0n) is 14.4. The molecule has 3 nitrogen and oxygen atoms in total. The Morgan fingerprint density at radius 3 is 2.36 bits per heavy atom. The summed E-state index contributed by atoms with van der Waals surface area (Å²) in [5, 5.41) is 0. The normalized spacial score (nSPS) is 21.5. The van der Waals surface area contributed by atoms with E-state index in [1.807, 2.05) is 0 Å². The molecule has 0 aromatic heterocycles. The van der Waals surface area contributed by atoms with Crippen molar-refractivity contribution >= 4 is 5.97 Å². The molecule has 2 atom stereocenters. The molecule has 3 heteroatoms. The van der Waals surface area contributed by atoms with Gasteiger partial charge in [-0.1, -0.05) is 58.4 Å². The minimum absolute atomic E-state index is 0.0165. The fourth-order valence-corrected chi connectivity index (χ4v) is 3.06. The lowest BCUT2D eigenvalue weighted by Crippen LogP contribution is -2.29. The van der Waals surface area contributed by atoms with E-state index < -0.39 is 0 Å². The fourth-order valence-electron chi connectivity index (χ4n) is 3.06. The molecule has 0 heterocycles. The summed E-state index contributed by atoms with van der Waals surface area (Å²) >= 11 is 0. The van der Waals surface area contributed by atoms with Gasteiger partial charge in [-0.15, -0.1) is 0 Å². The van der Waals surface area contributed by atoms with Crippen molar-refractivity contribution in [1.82, 2.24) is 0 Å². The number of carbonyl (C=O) groups excluding carboxylic acids is 1. The summed E-state index contributed by atoms with van der Waals surface area (Å²) in [7, 11) is 0. The number of esters is 1. The molecule has 128 valence electrons. The number of rotatable bonds is 12. The summed E-state index contributed by atoms with van der Waals surface area (Å²) in [5.41, 5.74) is 0. The summed E-state index contributed by atoms with van der Waals surface area (Å²) in [6, 6.07) is 0. The molecule has 0 amide bonds. The van der Waals surface area contributed by atoms with Crippen LogP contribution in [0.15, 0.2) is 12.7 Å². The van der Waals surface area contributed by atoms with Crippen LogP contribution in [-0.4, -0.2) is 24.8 Å². The van der Waals surface area contributed by atoms with Gasteiger partial charge in [0.15, 0.2) is 0 Å². The minimum atomic E-state index is -0.311. The molecular weight excluding hydrogens is 276 g/mol. The summed E-state index contributed by atoms with van der Waals surface area (Å²) in [6.07, 6.45) is 16.1. The van der Waals surface area contributed by atoms with Gasteiger partial charge in [-0.2, -0.15) is 0 Å². The molecular formula is C19H34O3. The lowest BCUT2D eigenvalue weighted by molar-refractivity contribution is -0.147. The van der Waals surface area contributed by atoms with E-state index in [1.54, 1.807) is 0 Å². The van der Waals surface area contributed by atoms with E-state index in [0.29, 0.717) is 0 Å². The Morgan fingerprint density at radius 1 is 1.05 bits per heavy atom. The molecule has 1 saturated carbocycles. The first-order valence-corrected chi connectivity index (χ1v) is 9.21. The van der Waals surface area contributed by atoms with E-state index >= 15 is 0 Å². The van der Waals surface area contributed by atoms with Crippen molar-refractivity contribution in [2.24, 2.45) is 0 Å². The van der Waals surface area contributed by atoms with Crippen molar-refractivity contribution in [3.63, 3.8) is 0 Å². The van der Waals surface area contributed by atoms with Crippen LogP contribution in [0.4, 0.5) is 0 Å². The lowest BCUT2D eigenvalue weighted by atomic mass is 9.95. The highest BCUT2D eigenvalue weighted by atomic mass is 16.5. The predicted molar refractivity (Wildman–Crippen MR) is 90.9 cm³/mol. The third-order valence-electron chi connectivity index (χ3n) is 4.38. The van der Waals surface area contributed by atoms with E-state index in [4.69, 9.17) is 9.47 Å². The first-order chi connectivity index (χ1) is 10.8. The van der Waals surface area contributed by atoms with Crippen LogP contribution in [0.2, 0.25) is 0 Å². The predicted octanol–water partition coefficient (Wildman–Crippen LogP) is 5.18. The highest BCUT2D eigenvalue weighted by molar-refractivity contribution is 5.81. The summed E-state index contributed by atoms with van der Waals surface area (Å²) in [5.74, 6) is -0.311. The van der Waals surface area contributed by atoms with Crippen molar-refractivity contribution in [2.45, 2.75) is 96.2 Å². The summed E-state index contributed by atoms with van der Waals surface area (Å²) in [4.78, 5) is 11.2. The molecule has 2 unspecified atom stereocenters. The highest BCUT2D eigenvalue weighted by Crippen LogP contribution is 2.24. The molecule has 0 aromatic rings. The van der Waals surface area contributed by atoms with Gasteiger partial charge in [0.2, 0.25) is 0 Å². The van der Waals surface area contributed by atoms with Crippen molar-refractivity contribution in [2.75, 3.05) is 6.61 Å². The maximum Gasteiger partial charge on any atom is 0.330 e. The third-order valence-corrected chi connectivity index (χ3v) is 4.38. The van der Waals surface area contributed by atoms with Gasteiger partial charge in [0.25, 0.3) is 0 Å². The number of ether oxygens (including phenoxy) is 2. The van der Waals surface area contributed by atoms with E-state index in [1.165, 1.54) is 51.0 Å². The molecule has 1 rings (SSSR count). The maximum atomic E-state index is 11.2. The number of hydrogen-bond acceptors (Lipinski definition) is 3. The molecule has 0 saturated heterocycles. The van der Waals surface area contributed by atoms with Gasteiger partial charge in [0.1, 0.15) is 6.10 Å². The standard InChI is InChI=1S/C19H34O3/c1-3-5-6-7-8-9-10-11-15-21-17-13-12-14-18(16-17)22-19(20)4-2/h4,17-18H,2-3,5-16H2,1H3. The average Bonchev–Trinajstić information content (AvgIpc) is 2.53. The first kappa shape index (κ1) is 19.2. The molecule has 0 radical (unpaired) electrons. The van der Waals surface area contributed by atoms with Crippen LogP contribution in [-0.2, 0) is 14.3 Å². The van der Waals surface area contributed by atoms with Crippen LogP contribution in [0.25, 0.3) is 0 Å². The molecule has 0 N–H and O–H groups in total. The van der Waals surface area contributed by atoms with Crippen LogP contribution in [0.1, 0.15) is 84.0 Å². The minimum Gasteiger partial charge on any atom is -0.459 e. The molecule has 0 aliphatic heterocycles. The van der Waals surface area contributed by atoms with Gasteiger partial charge < -0.3 is 9.47 Å². The second-order valence-electron chi connectivity index (χ2n) is 6.40. The highest BCUT2D eigenvalue weighted by Gasteiger charge is 2.24. The van der Waals surface area contributed by atoms with Crippen molar-refractivity contribution in [3.05, 3.63) is 12.7 Å². The monoisotopic (exact) mass is 310 g/mol. The molecule has 1 aliphatic carbocycles. The van der Waals surface area contributed by atoms with Crippen LogP contribution in [0.5, 0.6) is 0 Å². The Labute approximate surface area is 136 Å². The van der Waals surface area contributed by atoms with E-state index in [9.17, 15) is 4.79 Å². The Hall–Kier alpha value is -0.830. The van der Waals surface area contributed by atoms with E-state index in [2.05, 4.69) is 13.5 Å². The molecule has 0 aromatic carbocycles. The average molecular weight is 310 g/mol. The molecule has 1 fully saturated rings. The van der Waals surface area contributed by atoms with Crippen LogP contribution in [0.3, 0.4) is 0 Å². The van der Waals surface area contributed by atoms with Gasteiger partial charge in [-0.3, -0.25) is 0 Å². The maximum absolute atomic E-state index is 11.2. The fraction of sp³-hybridized carbons (Fsp3) is 0.842. The van der Waals surface area contributed by atoms with Gasteiger partial charge >= 0.3 is 5.97 Å². The topological polar surface area (TPSA) is 35.5 Å². The van der Waals surface area contributed by atoms with Crippen LogP contribution < -0.4 is 0 Å². The van der Waals surface area contributed by atoms with Gasteiger partial charge in [-0.25, -0.2) is 4.79 Å². The zero-order valence-corrected chi connectivity index (χ0v) is 14.4. The molecule has 22 heavy (non-hydrogen) atoms. The SMILES string of the molecule is C=CC(=O)OC1CCCC(OCCCCCCCCCC)C1. The van der Waals surface area contributed by atoms with E-state index in [0.717, 1.165) is 38.7 Å². The second-order valence-corrected chi connectivity index (χ2v) is 6.40. The second kappa shape index (κ2) is 12.7. The number of unbranched alkanes of at least 4 members (excludes halogenated alkanes) is 7. The van der Waals surface area contributed by atoms with Gasteiger partial charge in [0.05, 0.1) is 6.10 Å². The lowest BCUT2D eigenvalue weighted by Gasteiger charge is -2.28.